The van der Waals surface area contributed by atoms with E-state index >= 15 is 0 Å². The van der Waals surface area contributed by atoms with E-state index in [9.17, 15) is 5.11 Å². The van der Waals surface area contributed by atoms with Crippen LogP contribution in [0.5, 0.6) is 5.88 Å². The summed E-state index contributed by atoms with van der Waals surface area (Å²) >= 11 is 3.44. The minimum atomic E-state index is 0.0199. The van der Waals surface area contributed by atoms with Gasteiger partial charge in [-0.25, -0.2) is 0 Å². The van der Waals surface area contributed by atoms with Gasteiger partial charge >= 0.3 is 0 Å². The van der Waals surface area contributed by atoms with Crippen LogP contribution in [0.25, 0.3) is 33.0 Å². The summed E-state index contributed by atoms with van der Waals surface area (Å²) in [6.07, 6.45) is 0. The van der Waals surface area contributed by atoms with E-state index in [0.717, 1.165) is 26.3 Å². The van der Waals surface area contributed by atoms with Crippen molar-refractivity contribution in [2.45, 2.75) is 0 Å². The molecule has 5 aromatic rings. The molecule has 3 aromatic heterocycles. The number of aromatic amines is 1. The normalized spacial score (nSPS) is 12.1. The number of aryl methyl sites for hydroxylation is 1. The second-order valence-corrected chi connectivity index (χ2v) is 6.99. The van der Waals surface area contributed by atoms with Gasteiger partial charge in [-0.2, -0.15) is 4.98 Å². The lowest BCUT2D eigenvalue weighted by Crippen LogP contribution is -1.86. The zero-order chi connectivity index (χ0) is 18.5. The van der Waals surface area contributed by atoms with Crippen LogP contribution in [0.3, 0.4) is 0 Å². The number of nitrogens with one attached hydrogen (secondary N) is 1. The highest BCUT2D eigenvalue weighted by Crippen LogP contribution is 2.39. The summed E-state index contributed by atoms with van der Waals surface area (Å²) < 4.78 is 2.53. The van der Waals surface area contributed by atoms with E-state index in [1.807, 2.05) is 42.5 Å². The van der Waals surface area contributed by atoms with Gasteiger partial charge in [0.05, 0.1) is 5.52 Å². The number of halogens is 1. The van der Waals surface area contributed by atoms with E-state index in [2.05, 4.69) is 46.3 Å². The Morgan fingerprint density at radius 2 is 1.93 bits per heavy atom. The molecule has 0 radical (unpaired) electrons. The van der Waals surface area contributed by atoms with Crippen LogP contribution in [0.2, 0.25) is 0 Å². The average molecular weight is 422 g/mol. The maximum absolute atomic E-state index is 10.4. The van der Waals surface area contributed by atoms with Gasteiger partial charge in [0.2, 0.25) is 5.88 Å². The smallest absolute Gasteiger partial charge is 0.289 e. The van der Waals surface area contributed by atoms with E-state index in [0.29, 0.717) is 16.9 Å². The molecule has 0 bridgehead atoms. The van der Waals surface area contributed by atoms with E-state index in [1.165, 1.54) is 0 Å². The molecule has 0 aliphatic heterocycles. The molecule has 5 rings (SSSR count). The zero-order valence-corrected chi connectivity index (χ0v) is 15.6. The number of para-hydroxylation sites is 1. The van der Waals surface area contributed by atoms with Crippen molar-refractivity contribution in [2.75, 3.05) is 0 Å². The van der Waals surface area contributed by atoms with Crippen molar-refractivity contribution in [3.63, 3.8) is 0 Å². The lowest BCUT2D eigenvalue weighted by Gasteiger charge is -1.96. The lowest BCUT2D eigenvalue weighted by atomic mass is 10.2. The van der Waals surface area contributed by atoms with Crippen LogP contribution in [0, 0.1) is 0 Å². The molecule has 0 aliphatic rings. The van der Waals surface area contributed by atoms with Gasteiger partial charge in [-0.05, 0) is 24.3 Å². The Labute approximate surface area is 160 Å². The van der Waals surface area contributed by atoms with Gasteiger partial charge in [-0.3, -0.25) is 0 Å². The SMILES string of the molecule is Cn1c(O)c(N=Nc2nnc3c(n2)[nH]c2ccccc23)c2cc(Br)ccc21. The molecule has 3 heterocycles. The molecular weight excluding hydrogens is 410 g/mol. The predicted octanol–water partition coefficient (Wildman–Crippen LogP) is 4.88. The first-order valence-corrected chi connectivity index (χ1v) is 8.91. The number of hydrogen-bond acceptors (Lipinski definition) is 6. The summed E-state index contributed by atoms with van der Waals surface area (Å²) in [4.78, 5) is 7.57. The topological polar surface area (TPSA) is 104 Å². The molecule has 27 heavy (non-hydrogen) atoms. The second-order valence-electron chi connectivity index (χ2n) is 6.07. The number of fused-ring (bicyclic) bond motifs is 4. The van der Waals surface area contributed by atoms with Gasteiger partial charge < -0.3 is 14.7 Å². The molecule has 0 spiro atoms. The van der Waals surface area contributed by atoms with Crippen molar-refractivity contribution < 1.29 is 5.11 Å². The standard InChI is InChI=1S/C18H12BrN7O/c1-26-13-7-6-9(19)8-11(13)15(17(26)27)23-25-18-21-16-14(22-24-18)10-4-2-3-5-12(10)20-16/h2-8,27H,1H3,(H,20,21,24). The van der Waals surface area contributed by atoms with Crippen molar-refractivity contribution >= 4 is 60.5 Å². The van der Waals surface area contributed by atoms with E-state index in [4.69, 9.17) is 0 Å². The van der Waals surface area contributed by atoms with Crippen LogP contribution < -0.4 is 0 Å². The summed E-state index contributed by atoms with van der Waals surface area (Å²) in [7, 11) is 1.76. The van der Waals surface area contributed by atoms with E-state index < -0.39 is 0 Å². The minimum Gasteiger partial charge on any atom is -0.493 e. The summed E-state index contributed by atoms with van der Waals surface area (Å²) in [6.45, 7) is 0. The fraction of sp³-hybridized carbons (Fsp3) is 0.0556. The van der Waals surface area contributed by atoms with Gasteiger partial charge in [0.15, 0.2) is 11.3 Å². The number of benzene rings is 2. The van der Waals surface area contributed by atoms with Gasteiger partial charge in [-0.15, -0.1) is 20.4 Å². The maximum atomic E-state index is 10.4. The summed E-state index contributed by atoms with van der Waals surface area (Å²) in [5.74, 6) is 0.131. The van der Waals surface area contributed by atoms with E-state index in [-0.39, 0.29) is 11.8 Å². The quantitative estimate of drug-likeness (QED) is 0.396. The summed E-state index contributed by atoms with van der Waals surface area (Å²) in [5, 5.41) is 28.6. The Bertz CT molecular complexity index is 1370. The Morgan fingerprint density at radius 1 is 1.07 bits per heavy atom. The second kappa shape index (κ2) is 5.85. The number of rotatable bonds is 2. The van der Waals surface area contributed by atoms with Crippen molar-refractivity contribution in [2.24, 2.45) is 17.3 Å². The van der Waals surface area contributed by atoms with Crippen molar-refractivity contribution in [1.29, 1.82) is 0 Å². The van der Waals surface area contributed by atoms with Gasteiger partial charge in [0.25, 0.3) is 5.95 Å². The molecule has 132 valence electrons. The largest absolute Gasteiger partial charge is 0.493 e. The predicted molar refractivity (Wildman–Crippen MR) is 106 cm³/mol. The highest BCUT2D eigenvalue weighted by Gasteiger charge is 2.15. The molecule has 0 aliphatic carbocycles. The first kappa shape index (κ1) is 15.9. The molecule has 0 saturated heterocycles. The van der Waals surface area contributed by atoms with Crippen LogP contribution >= 0.6 is 15.9 Å². The Kier molecular flexibility index (Phi) is 3.44. The molecule has 0 saturated carbocycles. The molecular formula is C18H12BrN7O. The molecule has 0 fully saturated rings. The lowest BCUT2D eigenvalue weighted by molar-refractivity contribution is 0.436. The maximum Gasteiger partial charge on any atom is 0.289 e. The van der Waals surface area contributed by atoms with Crippen LogP contribution in [-0.4, -0.2) is 29.8 Å². The Morgan fingerprint density at radius 3 is 2.81 bits per heavy atom. The molecule has 8 nitrogen and oxygen atoms in total. The fourth-order valence-corrected chi connectivity index (χ4v) is 3.49. The number of aromatic nitrogens is 5. The number of azo groups is 1. The zero-order valence-electron chi connectivity index (χ0n) is 14.0. The summed E-state index contributed by atoms with van der Waals surface area (Å²) in [5.41, 5.74) is 3.40. The van der Waals surface area contributed by atoms with Crippen molar-refractivity contribution in [3.05, 3.63) is 46.9 Å². The Balaban J connectivity index is 1.62. The first-order valence-electron chi connectivity index (χ1n) is 8.11. The third kappa shape index (κ3) is 2.47. The molecule has 0 atom stereocenters. The van der Waals surface area contributed by atoms with Crippen LogP contribution in [0.15, 0.2) is 57.2 Å². The van der Waals surface area contributed by atoms with Gasteiger partial charge in [0, 0.05) is 27.8 Å². The highest BCUT2D eigenvalue weighted by molar-refractivity contribution is 9.10. The monoisotopic (exact) mass is 421 g/mol. The van der Waals surface area contributed by atoms with Crippen LogP contribution in [0.1, 0.15) is 0 Å². The number of H-pyrrole nitrogens is 1. The average Bonchev–Trinajstić information content (AvgIpc) is 3.15. The van der Waals surface area contributed by atoms with Crippen LogP contribution in [0.4, 0.5) is 11.6 Å². The molecule has 2 aromatic carbocycles. The van der Waals surface area contributed by atoms with Crippen LogP contribution in [-0.2, 0) is 7.05 Å². The number of hydrogen-bond donors (Lipinski definition) is 2. The van der Waals surface area contributed by atoms with Crippen molar-refractivity contribution in [3.8, 4) is 5.88 Å². The highest BCUT2D eigenvalue weighted by atomic mass is 79.9. The van der Waals surface area contributed by atoms with Crippen molar-refractivity contribution in [1.82, 2.24) is 24.7 Å². The minimum absolute atomic E-state index is 0.0199. The van der Waals surface area contributed by atoms with Gasteiger partial charge in [0.1, 0.15) is 5.52 Å². The first-order chi connectivity index (χ1) is 13.1. The third-order valence-electron chi connectivity index (χ3n) is 4.45. The molecule has 2 N–H and O–H groups in total. The number of aromatic hydroxyl groups is 1. The Hall–Kier alpha value is -3.33. The fourth-order valence-electron chi connectivity index (χ4n) is 3.13. The van der Waals surface area contributed by atoms with E-state index in [1.54, 1.807) is 11.6 Å². The third-order valence-corrected chi connectivity index (χ3v) is 4.95. The van der Waals surface area contributed by atoms with Gasteiger partial charge in [-0.1, -0.05) is 34.1 Å². The summed E-state index contributed by atoms with van der Waals surface area (Å²) in [6, 6.07) is 13.5. The molecule has 0 unspecified atom stereocenters. The molecule has 0 amide bonds. The number of nitrogens with zero attached hydrogens (tertiary/aromatic N) is 6. The molecule has 9 heteroatoms.